The summed E-state index contributed by atoms with van der Waals surface area (Å²) < 4.78 is 47.6. The fourth-order valence-corrected chi connectivity index (χ4v) is 6.33. The number of hydrogen-bond acceptors (Lipinski definition) is 11. The summed E-state index contributed by atoms with van der Waals surface area (Å²) in [5, 5.41) is 19.3. The van der Waals surface area contributed by atoms with Gasteiger partial charge in [0.2, 0.25) is 0 Å². The molecule has 332 valence electrons. The number of unbranched alkanes of at least 4 members (excludes halogenated alkanes) is 8. The van der Waals surface area contributed by atoms with E-state index in [4.69, 9.17) is 23.8 Å². The van der Waals surface area contributed by atoms with Crippen molar-refractivity contribution in [2.75, 3.05) is 26.4 Å². The first-order valence-electron chi connectivity index (χ1n) is 20.8. The molecule has 0 aromatic heterocycles. The molecule has 0 aliphatic heterocycles. The first-order valence-corrected chi connectivity index (χ1v) is 23.8. The highest BCUT2D eigenvalue weighted by molar-refractivity contribution is 7.47. The first kappa shape index (κ1) is 55.0. The number of phosphoric ester groups is 2. The molecule has 0 saturated heterocycles. The molecule has 2 unspecified atom stereocenters. The standard InChI is InChI=1S/C41H74O14P2/c1-4-36(3)28-24-20-16-14-15-18-22-26-30-40(44)51-34-39(35-54-57(49,50)53-33-38(43)32-52-56(46,47)48)55-41(45)31-27-23-19-13-11-9-7-6-8-10-12-17-21-25-29-37(42)5-2/h7-10,13,17,19,21,36-39,42-43H,4-6,11-12,14-16,18,20,22-35H2,1-3H3,(H,49,50)(H2,46,47,48)/b9-7-,10-8-,19-13-,21-17-/t36?,37-,38+,39-/m1/s1. The van der Waals surface area contributed by atoms with Crippen LogP contribution in [0.25, 0.3) is 0 Å². The number of aliphatic hydroxyl groups excluding tert-OH is 2. The van der Waals surface area contributed by atoms with Gasteiger partial charge in [0.15, 0.2) is 6.10 Å². The van der Waals surface area contributed by atoms with Gasteiger partial charge in [-0.25, -0.2) is 9.13 Å². The molecule has 0 aromatic carbocycles. The van der Waals surface area contributed by atoms with Gasteiger partial charge < -0.3 is 34.4 Å². The van der Waals surface area contributed by atoms with E-state index in [0.717, 1.165) is 63.7 Å². The fraction of sp³-hybridized carbons (Fsp3) is 0.756. The number of aliphatic hydroxyl groups is 2. The van der Waals surface area contributed by atoms with Gasteiger partial charge in [-0.05, 0) is 63.7 Å². The quantitative estimate of drug-likeness (QED) is 0.0170. The number of hydrogen-bond donors (Lipinski definition) is 5. The topological polar surface area (TPSA) is 216 Å². The maximum atomic E-state index is 12.6. The van der Waals surface area contributed by atoms with E-state index in [1.807, 2.05) is 19.1 Å². The van der Waals surface area contributed by atoms with Crippen LogP contribution in [-0.4, -0.2) is 81.6 Å². The monoisotopic (exact) mass is 852 g/mol. The average molecular weight is 853 g/mol. The summed E-state index contributed by atoms with van der Waals surface area (Å²) in [4.78, 5) is 52.5. The Labute approximate surface area is 342 Å². The molecule has 0 aromatic rings. The van der Waals surface area contributed by atoms with Crippen LogP contribution in [0.4, 0.5) is 0 Å². The molecular formula is C41H74O14P2. The molecule has 0 amide bonds. The van der Waals surface area contributed by atoms with Gasteiger partial charge in [0, 0.05) is 12.8 Å². The SMILES string of the molecule is CCC(C)CCCCCCCCCCC(=O)OC[C@H](COP(=O)(O)OC[C@@H](O)COP(=O)(O)O)OC(=O)CCC/C=C\C/C=C\C/C=C\C/C=C\CC[C@H](O)CC. The predicted octanol–water partition coefficient (Wildman–Crippen LogP) is 9.11. The molecule has 0 rings (SSSR count). The van der Waals surface area contributed by atoms with Crippen LogP contribution in [0, 0.1) is 5.92 Å². The third-order valence-corrected chi connectivity index (χ3v) is 10.4. The summed E-state index contributed by atoms with van der Waals surface area (Å²) in [5.74, 6) is -0.331. The van der Waals surface area contributed by atoms with Crippen LogP contribution < -0.4 is 0 Å². The number of carbonyl (C=O) groups excluding carboxylic acids is 2. The molecule has 0 saturated carbocycles. The Morgan fingerprint density at radius 3 is 1.65 bits per heavy atom. The smallest absolute Gasteiger partial charge is 0.462 e. The first-order chi connectivity index (χ1) is 27.2. The van der Waals surface area contributed by atoms with E-state index in [9.17, 15) is 33.8 Å². The number of rotatable bonds is 38. The largest absolute Gasteiger partial charge is 0.472 e. The maximum Gasteiger partial charge on any atom is 0.472 e. The fourth-order valence-electron chi connectivity index (χ4n) is 5.18. The van der Waals surface area contributed by atoms with Gasteiger partial charge in [-0.1, -0.05) is 127 Å². The summed E-state index contributed by atoms with van der Waals surface area (Å²) in [6.07, 6.45) is 30.7. The molecule has 5 atom stereocenters. The molecule has 57 heavy (non-hydrogen) atoms. The van der Waals surface area contributed by atoms with Gasteiger partial charge in [-0.3, -0.25) is 23.2 Å². The number of carbonyl (C=O) groups is 2. The number of phosphoric acid groups is 2. The van der Waals surface area contributed by atoms with Crippen molar-refractivity contribution < 1.29 is 66.7 Å². The minimum atomic E-state index is -4.87. The van der Waals surface area contributed by atoms with E-state index in [2.05, 4.69) is 59.4 Å². The second-order valence-electron chi connectivity index (χ2n) is 14.3. The van der Waals surface area contributed by atoms with Crippen molar-refractivity contribution in [2.24, 2.45) is 5.92 Å². The van der Waals surface area contributed by atoms with E-state index < -0.39 is 66.2 Å². The summed E-state index contributed by atoms with van der Waals surface area (Å²) >= 11 is 0. The molecule has 0 fully saturated rings. The van der Waals surface area contributed by atoms with Gasteiger partial charge in [0.1, 0.15) is 12.7 Å². The Hall–Kier alpha value is -1.96. The lowest BCUT2D eigenvalue weighted by molar-refractivity contribution is -0.161. The lowest BCUT2D eigenvalue weighted by Gasteiger charge is -2.20. The number of ether oxygens (including phenoxy) is 2. The average Bonchev–Trinajstić information content (AvgIpc) is 3.17. The van der Waals surface area contributed by atoms with Crippen molar-refractivity contribution in [1.29, 1.82) is 0 Å². The van der Waals surface area contributed by atoms with E-state index in [-0.39, 0.29) is 18.9 Å². The van der Waals surface area contributed by atoms with Crippen LogP contribution in [0.5, 0.6) is 0 Å². The highest BCUT2D eigenvalue weighted by Gasteiger charge is 2.28. The van der Waals surface area contributed by atoms with E-state index in [1.54, 1.807) is 0 Å². The van der Waals surface area contributed by atoms with Crippen molar-refractivity contribution in [3.63, 3.8) is 0 Å². The predicted molar refractivity (Wildman–Crippen MR) is 222 cm³/mol. The van der Waals surface area contributed by atoms with Crippen LogP contribution in [0.3, 0.4) is 0 Å². The Bertz CT molecular complexity index is 1230. The molecule has 0 aliphatic rings. The zero-order valence-electron chi connectivity index (χ0n) is 34.7. The third-order valence-electron chi connectivity index (χ3n) is 8.91. The van der Waals surface area contributed by atoms with Crippen molar-refractivity contribution in [3.05, 3.63) is 48.6 Å². The van der Waals surface area contributed by atoms with E-state index >= 15 is 0 Å². The highest BCUT2D eigenvalue weighted by atomic mass is 31.2. The van der Waals surface area contributed by atoms with Gasteiger partial charge in [0.25, 0.3) is 0 Å². The van der Waals surface area contributed by atoms with Crippen molar-refractivity contribution in [3.8, 4) is 0 Å². The number of esters is 2. The summed E-state index contributed by atoms with van der Waals surface area (Å²) in [5.41, 5.74) is 0. The van der Waals surface area contributed by atoms with Crippen molar-refractivity contribution in [2.45, 2.75) is 167 Å². The Kier molecular flexibility index (Phi) is 34.7. The molecular weight excluding hydrogens is 778 g/mol. The molecule has 5 N–H and O–H groups in total. The molecule has 0 spiro atoms. The lowest BCUT2D eigenvalue weighted by atomic mass is 9.99. The van der Waals surface area contributed by atoms with E-state index in [1.165, 1.54) is 38.5 Å². The van der Waals surface area contributed by atoms with Crippen LogP contribution in [0.15, 0.2) is 48.6 Å². The molecule has 0 aliphatic carbocycles. The minimum absolute atomic E-state index is 0.0416. The molecule has 16 heteroatoms. The van der Waals surface area contributed by atoms with Crippen LogP contribution in [0.1, 0.15) is 149 Å². The normalized spacial score (nSPS) is 15.7. The maximum absolute atomic E-state index is 12.6. The zero-order chi connectivity index (χ0) is 42.6. The van der Waals surface area contributed by atoms with Gasteiger partial charge in [0.05, 0.1) is 25.9 Å². The highest BCUT2D eigenvalue weighted by Crippen LogP contribution is 2.43. The second kappa shape index (κ2) is 35.9. The Morgan fingerprint density at radius 2 is 1.07 bits per heavy atom. The van der Waals surface area contributed by atoms with E-state index in [0.29, 0.717) is 19.3 Å². The van der Waals surface area contributed by atoms with Crippen LogP contribution in [0.2, 0.25) is 0 Å². The van der Waals surface area contributed by atoms with Crippen molar-refractivity contribution in [1.82, 2.24) is 0 Å². The van der Waals surface area contributed by atoms with Crippen LogP contribution in [-0.2, 0) is 41.8 Å². The molecule has 14 nitrogen and oxygen atoms in total. The summed E-state index contributed by atoms with van der Waals surface area (Å²) in [6, 6.07) is 0. The molecule has 0 radical (unpaired) electrons. The zero-order valence-corrected chi connectivity index (χ0v) is 36.5. The summed E-state index contributed by atoms with van der Waals surface area (Å²) in [6.45, 7) is 3.69. The van der Waals surface area contributed by atoms with Gasteiger partial charge in [-0.2, -0.15) is 0 Å². The van der Waals surface area contributed by atoms with Gasteiger partial charge >= 0.3 is 27.6 Å². The Balaban J connectivity index is 4.67. The Morgan fingerprint density at radius 1 is 0.561 bits per heavy atom. The minimum Gasteiger partial charge on any atom is -0.462 e. The van der Waals surface area contributed by atoms with Gasteiger partial charge in [-0.15, -0.1) is 0 Å². The third kappa shape index (κ3) is 39.3. The second-order valence-corrected chi connectivity index (χ2v) is 17.0. The lowest BCUT2D eigenvalue weighted by Crippen LogP contribution is -2.29. The molecule has 0 bridgehead atoms. The molecule has 0 heterocycles. The number of allylic oxidation sites excluding steroid dienone is 8. The van der Waals surface area contributed by atoms with Crippen LogP contribution >= 0.6 is 15.6 Å². The summed E-state index contributed by atoms with van der Waals surface area (Å²) in [7, 11) is -9.70. The van der Waals surface area contributed by atoms with Crippen molar-refractivity contribution >= 4 is 27.6 Å².